The van der Waals surface area contributed by atoms with E-state index in [0.29, 0.717) is 29.4 Å². The van der Waals surface area contributed by atoms with E-state index in [-0.39, 0.29) is 12.3 Å². The normalized spacial score (nSPS) is 27.8. The lowest BCUT2D eigenvalue weighted by Crippen LogP contribution is -2.44. The summed E-state index contributed by atoms with van der Waals surface area (Å²) < 4.78 is 0. The van der Waals surface area contributed by atoms with Gasteiger partial charge in [-0.05, 0) is 18.3 Å². The van der Waals surface area contributed by atoms with E-state index in [9.17, 15) is 9.59 Å². The van der Waals surface area contributed by atoms with E-state index in [1.807, 2.05) is 0 Å². The highest BCUT2D eigenvalue weighted by atomic mass is 32.2. The fourth-order valence-electron chi connectivity index (χ4n) is 2.36. The summed E-state index contributed by atoms with van der Waals surface area (Å²) in [6.07, 6.45) is 3.62. The Morgan fingerprint density at radius 1 is 1.33 bits per heavy atom. The minimum absolute atomic E-state index is 0.0383. The van der Waals surface area contributed by atoms with E-state index in [1.54, 1.807) is 0 Å². The number of nitrogens with one attached hydrogen (secondary N) is 1. The van der Waals surface area contributed by atoms with Gasteiger partial charge in [0.15, 0.2) is 0 Å². The molecule has 3 atom stereocenters. The lowest BCUT2D eigenvalue weighted by atomic mass is 9.78. The van der Waals surface area contributed by atoms with Crippen LogP contribution in [0, 0.1) is 11.8 Å². The number of hydrogen-bond acceptors (Lipinski definition) is 3. The minimum atomic E-state index is -0.808. The Kier molecular flexibility index (Phi) is 6.54. The number of aliphatic carboxylic acids is 1. The molecule has 4 nitrogen and oxygen atoms in total. The van der Waals surface area contributed by atoms with Crippen molar-refractivity contribution in [3.63, 3.8) is 0 Å². The van der Waals surface area contributed by atoms with Gasteiger partial charge < -0.3 is 10.4 Å². The molecule has 0 aliphatic heterocycles. The van der Waals surface area contributed by atoms with Crippen LogP contribution in [-0.4, -0.2) is 34.5 Å². The molecule has 1 saturated carbocycles. The average molecular weight is 273 g/mol. The molecule has 104 valence electrons. The number of carboxylic acid groups (broad SMARTS) is 1. The van der Waals surface area contributed by atoms with Crippen molar-refractivity contribution < 1.29 is 14.7 Å². The molecule has 0 aromatic heterocycles. The molecule has 0 saturated heterocycles. The summed E-state index contributed by atoms with van der Waals surface area (Å²) in [5.74, 6) is 1.30. The standard InChI is InChI=1S/C13H23NO3S/c1-9-4-3-5-11(10(9)2)14-12(15)8-18-7-6-13(16)17/h9-11H,3-8H2,1-2H3,(H,14,15)(H,16,17)/t9-,10-,11-/m1/s1. The van der Waals surface area contributed by atoms with E-state index in [2.05, 4.69) is 19.2 Å². The third kappa shape index (κ3) is 5.29. The van der Waals surface area contributed by atoms with E-state index >= 15 is 0 Å². The third-order valence-corrected chi connectivity index (χ3v) is 4.71. The number of amides is 1. The molecule has 1 aliphatic rings. The van der Waals surface area contributed by atoms with Gasteiger partial charge in [-0.2, -0.15) is 11.8 Å². The van der Waals surface area contributed by atoms with Crippen LogP contribution in [0.25, 0.3) is 0 Å². The van der Waals surface area contributed by atoms with Crippen molar-refractivity contribution in [3.05, 3.63) is 0 Å². The second-order valence-corrected chi connectivity index (χ2v) is 6.24. The van der Waals surface area contributed by atoms with Gasteiger partial charge in [0.25, 0.3) is 0 Å². The van der Waals surface area contributed by atoms with Crippen molar-refractivity contribution in [1.29, 1.82) is 0 Å². The van der Waals surface area contributed by atoms with Crippen LogP contribution in [-0.2, 0) is 9.59 Å². The first kappa shape index (κ1) is 15.3. The molecular weight excluding hydrogens is 250 g/mol. The summed E-state index contributed by atoms with van der Waals surface area (Å²) in [5, 5.41) is 11.6. The van der Waals surface area contributed by atoms with Crippen LogP contribution in [0.5, 0.6) is 0 Å². The van der Waals surface area contributed by atoms with Gasteiger partial charge in [0.2, 0.25) is 5.91 Å². The van der Waals surface area contributed by atoms with E-state index in [1.165, 1.54) is 24.6 Å². The van der Waals surface area contributed by atoms with Crippen molar-refractivity contribution in [1.82, 2.24) is 5.32 Å². The van der Waals surface area contributed by atoms with Crippen molar-refractivity contribution >= 4 is 23.6 Å². The number of carboxylic acids is 1. The Hall–Kier alpha value is -0.710. The van der Waals surface area contributed by atoms with Crippen LogP contribution in [0.2, 0.25) is 0 Å². The SMILES string of the molecule is C[C@@H]1[C@H](C)CCC[C@H]1NC(=O)CSCCC(=O)O. The second kappa shape index (κ2) is 7.67. The Morgan fingerprint density at radius 3 is 2.72 bits per heavy atom. The topological polar surface area (TPSA) is 66.4 Å². The molecule has 18 heavy (non-hydrogen) atoms. The van der Waals surface area contributed by atoms with Gasteiger partial charge in [0.05, 0.1) is 12.2 Å². The quantitative estimate of drug-likeness (QED) is 0.728. The first-order chi connectivity index (χ1) is 8.50. The predicted octanol–water partition coefficient (Wildman–Crippen LogP) is 2.14. The highest BCUT2D eigenvalue weighted by Gasteiger charge is 2.27. The minimum Gasteiger partial charge on any atom is -0.481 e. The molecule has 0 heterocycles. The molecule has 1 fully saturated rings. The van der Waals surface area contributed by atoms with E-state index in [0.717, 1.165) is 6.42 Å². The fourth-order valence-corrected chi connectivity index (χ4v) is 3.09. The first-order valence-electron chi connectivity index (χ1n) is 6.59. The zero-order valence-electron chi connectivity index (χ0n) is 11.1. The van der Waals surface area contributed by atoms with Crippen LogP contribution >= 0.6 is 11.8 Å². The van der Waals surface area contributed by atoms with Gasteiger partial charge in [-0.15, -0.1) is 0 Å². The molecule has 0 spiro atoms. The molecule has 0 unspecified atom stereocenters. The smallest absolute Gasteiger partial charge is 0.304 e. The maximum Gasteiger partial charge on any atom is 0.304 e. The monoisotopic (exact) mass is 273 g/mol. The van der Waals surface area contributed by atoms with Crippen LogP contribution < -0.4 is 5.32 Å². The zero-order valence-corrected chi connectivity index (χ0v) is 12.0. The van der Waals surface area contributed by atoms with Crippen LogP contribution in [0.4, 0.5) is 0 Å². The Labute approximate surface area is 113 Å². The zero-order chi connectivity index (χ0) is 13.5. The largest absolute Gasteiger partial charge is 0.481 e. The summed E-state index contributed by atoms with van der Waals surface area (Å²) >= 11 is 1.39. The second-order valence-electron chi connectivity index (χ2n) is 5.14. The lowest BCUT2D eigenvalue weighted by molar-refractivity contribution is -0.136. The molecule has 1 rings (SSSR count). The summed E-state index contributed by atoms with van der Waals surface area (Å²) in [6, 6.07) is 0.293. The van der Waals surface area contributed by atoms with Crippen LogP contribution in [0.15, 0.2) is 0 Å². The van der Waals surface area contributed by atoms with Gasteiger partial charge in [-0.25, -0.2) is 0 Å². The summed E-state index contributed by atoms with van der Waals surface area (Å²) in [7, 11) is 0. The number of thioether (sulfide) groups is 1. The number of carbonyl (C=O) groups excluding carboxylic acids is 1. The Balaban J connectivity index is 2.20. The molecule has 1 aliphatic carbocycles. The molecule has 5 heteroatoms. The molecule has 0 aromatic rings. The lowest BCUT2D eigenvalue weighted by Gasteiger charge is -2.34. The molecule has 0 radical (unpaired) electrons. The molecule has 0 bridgehead atoms. The summed E-state index contributed by atoms with van der Waals surface area (Å²) in [6.45, 7) is 4.44. The van der Waals surface area contributed by atoms with Gasteiger partial charge in [-0.3, -0.25) is 9.59 Å². The van der Waals surface area contributed by atoms with Crippen LogP contribution in [0.1, 0.15) is 39.5 Å². The first-order valence-corrected chi connectivity index (χ1v) is 7.75. The maximum atomic E-state index is 11.7. The molecule has 2 N–H and O–H groups in total. The van der Waals surface area contributed by atoms with Crippen molar-refractivity contribution in [3.8, 4) is 0 Å². The average Bonchev–Trinajstić information content (AvgIpc) is 2.30. The highest BCUT2D eigenvalue weighted by molar-refractivity contribution is 7.99. The van der Waals surface area contributed by atoms with Crippen molar-refractivity contribution in [2.75, 3.05) is 11.5 Å². The summed E-state index contributed by atoms with van der Waals surface area (Å²) in [4.78, 5) is 22.1. The van der Waals surface area contributed by atoms with Gasteiger partial charge in [0, 0.05) is 11.8 Å². The van der Waals surface area contributed by atoms with Crippen LogP contribution in [0.3, 0.4) is 0 Å². The van der Waals surface area contributed by atoms with E-state index in [4.69, 9.17) is 5.11 Å². The van der Waals surface area contributed by atoms with Crippen molar-refractivity contribution in [2.24, 2.45) is 11.8 Å². The molecule has 1 amide bonds. The number of hydrogen-bond donors (Lipinski definition) is 2. The highest BCUT2D eigenvalue weighted by Crippen LogP contribution is 2.29. The third-order valence-electron chi connectivity index (χ3n) is 3.75. The predicted molar refractivity (Wildman–Crippen MR) is 73.7 cm³/mol. The van der Waals surface area contributed by atoms with Gasteiger partial charge >= 0.3 is 5.97 Å². The summed E-state index contributed by atoms with van der Waals surface area (Å²) in [5.41, 5.74) is 0. The molecule has 0 aromatic carbocycles. The Bertz CT molecular complexity index is 296. The maximum absolute atomic E-state index is 11.7. The van der Waals surface area contributed by atoms with E-state index < -0.39 is 5.97 Å². The fraction of sp³-hybridized carbons (Fsp3) is 0.846. The number of carbonyl (C=O) groups is 2. The van der Waals surface area contributed by atoms with Gasteiger partial charge in [-0.1, -0.05) is 26.7 Å². The molecular formula is C13H23NO3S. The number of rotatable bonds is 6. The Morgan fingerprint density at radius 2 is 2.06 bits per heavy atom. The van der Waals surface area contributed by atoms with Gasteiger partial charge in [0.1, 0.15) is 0 Å². The van der Waals surface area contributed by atoms with Crippen molar-refractivity contribution in [2.45, 2.75) is 45.6 Å².